The molecule has 24 heavy (non-hydrogen) atoms. The first-order valence-corrected chi connectivity index (χ1v) is 8.21. The largest absolute Gasteiger partial charge is 0.480 e. The zero-order valence-corrected chi connectivity index (χ0v) is 14.0. The number of hydrogen-bond acceptors (Lipinski definition) is 4. The topological polar surface area (TPSA) is 108 Å². The molecule has 3 N–H and O–H groups in total. The lowest BCUT2D eigenvalue weighted by Crippen LogP contribution is -2.48. The summed E-state index contributed by atoms with van der Waals surface area (Å²) in [7, 11) is 0. The summed E-state index contributed by atoms with van der Waals surface area (Å²) < 4.78 is 5.31. The molecule has 7 heteroatoms. The van der Waals surface area contributed by atoms with Crippen molar-refractivity contribution in [3.05, 3.63) is 33.7 Å². The van der Waals surface area contributed by atoms with Crippen LogP contribution in [0.3, 0.4) is 0 Å². The minimum atomic E-state index is -1.09. The monoisotopic (exact) mass is 336 g/mol. The Bertz CT molecular complexity index is 647. The number of hydrogen-bond donors (Lipinski definition) is 3. The number of carbonyl (C=O) groups excluding carboxylic acids is 1. The molecule has 0 aromatic carbocycles. The molecule has 1 aliphatic heterocycles. The van der Waals surface area contributed by atoms with E-state index in [1.807, 2.05) is 13.8 Å². The Balaban J connectivity index is 2.16. The Labute approximate surface area is 140 Å². The number of pyridine rings is 1. The van der Waals surface area contributed by atoms with E-state index in [2.05, 4.69) is 10.3 Å². The molecule has 2 atom stereocenters. The molecule has 132 valence electrons. The SMILES string of the molecule is CC(C)Cc1cc(C(=O)N[C@@H](C(=O)O)[C@@H]2CCCOC2)cc(=O)[nH]1. The number of ether oxygens (including phenoxy) is 1. The van der Waals surface area contributed by atoms with Crippen molar-refractivity contribution in [1.82, 2.24) is 10.3 Å². The van der Waals surface area contributed by atoms with Gasteiger partial charge in [0.1, 0.15) is 6.04 Å². The van der Waals surface area contributed by atoms with Crippen LogP contribution in [0.5, 0.6) is 0 Å². The zero-order chi connectivity index (χ0) is 17.7. The lowest BCUT2D eigenvalue weighted by Gasteiger charge is -2.28. The molecule has 1 fully saturated rings. The van der Waals surface area contributed by atoms with Gasteiger partial charge in [-0.3, -0.25) is 9.59 Å². The number of aliphatic carboxylic acids is 1. The van der Waals surface area contributed by atoms with Crippen LogP contribution in [0.1, 0.15) is 42.7 Å². The van der Waals surface area contributed by atoms with Gasteiger partial charge in [-0.15, -0.1) is 0 Å². The molecule has 1 saturated heterocycles. The van der Waals surface area contributed by atoms with Gasteiger partial charge in [0, 0.05) is 29.8 Å². The fraction of sp³-hybridized carbons (Fsp3) is 0.588. The average molecular weight is 336 g/mol. The summed E-state index contributed by atoms with van der Waals surface area (Å²) in [5, 5.41) is 12.0. The Morgan fingerprint density at radius 1 is 1.42 bits per heavy atom. The highest BCUT2D eigenvalue weighted by molar-refractivity contribution is 5.96. The third-order valence-electron chi connectivity index (χ3n) is 4.01. The van der Waals surface area contributed by atoms with E-state index in [9.17, 15) is 19.5 Å². The van der Waals surface area contributed by atoms with Crippen molar-refractivity contribution < 1.29 is 19.4 Å². The van der Waals surface area contributed by atoms with Gasteiger partial charge in [0.2, 0.25) is 5.56 Å². The van der Waals surface area contributed by atoms with Gasteiger partial charge in [-0.05, 0) is 31.2 Å². The van der Waals surface area contributed by atoms with Gasteiger partial charge in [0.05, 0.1) is 6.61 Å². The fourth-order valence-electron chi connectivity index (χ4n) is 2.92. The quantitative estimate of drug-likeness (QED) is 0.723. The van der Waals surface area contributed by atoms with E-state index >= 15 is 0 Å². The highest BCUT2D eigenvalue weighted by Gasteiger charge is 2.31. The van der Waals surface area contributed by atoms with Crippen molar-refractivity contribution in [3.63, 3.8) is 0 Å². The maximum absolute atomic E-state index is 12.4. The first kappa shape index (κ1) is 18.2. The van der Waals surface area contributed by atoms with E-state index in [0.717, 1.165) is 6.42 Å². The second-order valence-electron chi connectivity index (χ2n) is 6.62. The molecular weight excluding hydrogens is 312 g/mol. The van der Waals surface area contributed by atoms with Crippen LogP contribution in [0.4, 0.5) is 0 Å². The number of carboxylic acid groups (broad SMARTS) is 1. The second-order valence-corrected chi connectivity index (χ2v) is 6.62. The van der Waals surface area contributed by atoms with E-state index in [1.165, 1.54) is 6.07 Å². The number of amides is 1. The Morgan fingerprint density at radius 3 is 2.75 bits per heavy atom. The predicted molar refractivity (Wildman–Crippen MR) is 88.0 cm³/mol. The van der Waals surface area contributed by atoms with E-state index < -0.39 is 17.9 Å². The molecule has 1 aromatic heterocycles. The molecule has 2 heterocycles. The minimum Gasteiger partial charge on any atom is -0.480 e. The van der Waals surface area contributed by atoms with E-state index in [1.54, 1.807) is 6.07 Å². The summed E-state index contributed by atoms with van der Waals surface area (Å²) in [6.07, 6.45) is 2.09. The van der Waals surface area contributed by atoms with Gasteiger partial charge < -0.3 is 20.1 Å². The maximum atomic E-state index is 12.4. The van der Waals surface area contributed by atoms with Crippen LogP contribution in [-0.4, -0.2) is 41.2 Å². The number of aromatic amines is 1. The molecule has 7 nitrogen and oxygen atoms in total. The lowest BCUT2D eigenvalue weighted by molar-refractivity contribution is -0.142. The summed E-state index contributed by atoms with van der Waals surface area (Å²) >= 11 is 0. The Hall–Kier alpha value is -2.15. The first-order valence-electron chi connectivity index (χ1n) is 8.21. The van der Waals surface area contributed by atoms with Crippen LogP contribution in [0.15, 0.2) is 16.9 Å². The van der Waals surface area contributed by atoms with E-state index in [4.69, 9.17) is 4.74 Å². The molecular formula is C17H24N2O5. The fourth-order valence-corrected chi connectivity index (χ4v) is 2.92. The van der Waals surface area contributed by atoms with Crippen molar-refractivity contribution in [3.8, 4) is 0 Å². The molecule has 0 bridgehead atoms. The number of H-pyrrole nitrogens is 1. The van der Waals surface area contributed by atoms with Crippen molar-refractivity contribution in [2.75, 3.05) is 13.2 Å². The van der Waals surface area contributed by atoms with Gasteiger partial charge in [-0.2, -0.15) is 0 Å². The third kappa shape index (κ3) is 4.92. The van der Waals surface area contributed by atoms with Crippen LogP contribution in [-0.2, 0) is 16.0 Å². The zero-order valence-electron chi connectivity index (χ0n) is 14.0. The second kappa shape index (κ2) is 8.10. The van der Waals surface area contributed by atoms with Crippen LogP contribution < -0.4 is 10.9 Å². The highest BCUT2D eigenvalue weighted by Crippen LogP contribution is 2.18. The van der Waals surface area contributed by atoms with Crippen LogP contribution in [0.25, 0.3) is 0 Å². The highest BCUT2D eigenvalue weighted by atomic mass is 16.5. The molecule has 1 aliphatic rings. The summed E-state index contributed by atoms with van der Waals surface area (Å²) in [6.45, 7) is 4.94. The Morgan fingerprint density at radius 2 is 2.17 bits per heavy atom. The molecule has 0 radical (unpaired) electrons. The summed E-state index contributed by atoms with van der Waals surface area (Å²) in [5.74, 6) is -1.59. The van der Waals surface area contributed by atoms with Gasteiger partial charge in [0.25, 0.3) is 5.91 Å². The molecule has 1 aromatic rings. The number of carboxylic acids is 1. The van der Waals surface area contributed by atoms with Crippen molar-refractivity contribution in [1.29, 1.82) is 0 Å². The smallest absolute Gasteiger partial charge is 0.326 e. The molecule has 2 rings (SSSR count). The number of rotatable bonds is 6. The third-order valence-corrected chi connectivity index (χ3v) is 4.01. The Kier molecular flexibility index (Phi) is 6.14. The van der Waals surface area contributed by atoms with Gasteiger partial charge in [-0.25, -0.2) is 4.79 Å². The van der Waals surface area contributed by atoms with E-state index in [-0.39, 0.29) is 17.0 Å². The lowest BCUT2D eigenvalue weighted by atomic mass is 9.93. The maximum Gasteiger partial charge on any atom is 0.326 e. The molecule has 0 saturated carbocycles. The molecule has 0 aliphatic carbocycles. The number of aromatic nitrogens is 1. The van der Waals surface area contributed by atoms with Gasteiger partial charge >= 0.3 is 5.97 Å². The van der Waals surface area contributed by atoms with Gasteiger partial charge in [0.15, 0.2) is 0 Å². The predicted octanol–water partition coefficient (Wildman–Crippen LogP) is 1.18. The minimum absolute atomic E-state index is 0.178. The summed E-state index contributed by atoms with van der Waals surface area (Å²) in [4.78, 5) is 38.4. The number of carbonyl (C=O) groups is 2. The van der Waals surface area contributed by atoms with Crippen molar-refractivity contribution in [2.24, 2.45) is 11.8 Å². The normalized spacial score (nSPS) is 19.0. The van der Waals surface area contributed by atoms with Crippen LogP contribution in [0.2, 0.25) is 0 Å². The summed E-state index contributed by atoms with van der Waals surface area (Å²) in [6, 6.07) is 1.77. The van der Waals surface area contributed by atoms with Crippen molar-refractivity contribution in [2.45, 2.75) is 39.2 Å². The number of nitrogens with one attached hydrogen (secondary N) is 2. The molecule has 0 spiro atoms. The first-order chi connectivity index (χ1) is 11.4. The molecule has 0 unspecified atom stereocenters. The van der Waals surface area contributed by atoms with Crippen molar-refractivity contribution >= 4 is 11.9 Å². The standard InChI is InChI=1S/C17H24N2O5/c1-10(2)6-13-7-12(8-14(20)18-13)16(21)19-15(17(22)23)11-4-3-5-24-9-11/h7-8,10-11,15H,3-6,9H2,1-2H3,(H,18,20)(H,19,21)(H,22,23)/t11-,15-/m1/s1. The average Bonchev–Trinajstić information content (AvgIpc) is 2.51. The van der Waals surface area contributed by atoms with E-state index in [0.29, 0.717) is 37.7 Å². The van der Waals surface area contributed by atoms with Crippen LogP contribution in [0, 0.1) is 11.8 Å². The summed E-state index contributed by atoms with van der Waals surface area (Å²) in [5.41, 5.74) is 0.471. The molecule has 1 amide bonds. The van der Waals surface area contributed by atoms with Gasteiger partial charge in [-0.1, -0.05) is 13.8 Å². The van der Waals surface area contributed by atoms with Crippen LogP contribution >= 0.6 is 0 Å².